The van der Waals surface area contributed by atoms with Crippen LogP contribution < -0.4 is 5.32 Å². The number of anilines is 1. The third-order valence-corrected chi connectivity index (χ3v) is 7.31. The highest BCUT2D eigenvalue weighted by molar-refractivity contribution is 6.35. The maximum atomic E-state index is 9.26. The first-order chi connectivity index (χ1) is 15.9. The van der Waals surface area contributed by atoms with Crippen LogP contribution >= 0.6 is 34.8 Å². The van der Waals surface area contributed by atoms with Crippen molar-refractivity contribution in [3.63, 3.8) is 0 Å². The van der Waals surface area contributed by atoms with Gasteiger partial charge in [0.1, 0.15) is 10.8 Å². The quantitative estimate of drug-likeness (QED) is 0.537. The van der Waals surface area contributed by atoms with Crippen molar-refractivity contribution in [3.8, 4) is 0 Å². The number of halogens is 3. The average Bonchev–Trinajstić information content (AvgIpc) is 2.81. The number of aromatic nitrogens is 2. The van der Waals surface area contributed by atoms with Crippen molar-refractivity contribution in [2.24, 2.45) is 0 Å². The number of benzene rings is 1. The lowest BCUT2D eigenvalue weighted by Gasteiger charge is -2.40. The molecule has 6 nitrogen and oxygen atoms in total. The number of nitrogens with zero attached hydrogens (tertiary/aromatic N) is 4. The van der Waals surface area contributed by atoms with Crippen LogP contribution in [0.2, 0.25) is 15.1 Å². The van der Waals surface area contributed by atoms with Crippen LogP contribution in [-0.4, -0.2) is 70.2 Å². The van der Waals surface area contributed by atoms with Crippen molar-refractivity contribution < 1.29 is 5.11 Å². The van der Waals surface area contributed by atoms with Gasteiger partial charge in [0.15, 0.2) is 5.82 Å². The molecule has 33 heavy (non-hydrogen) atoms. The second-order valence-corrected chi connectivity index (χ2v) is 9.97. The van der Waals surface area contributed by atoms with Crippen LogP contribution in [0.25, 0.3) is 5.57 Å². The Morgan fingerprint density at radius 2 is 2.06 bits per heavy atom. The van der Waals surface area contributed by atoms with Gasteiger partial charge < -0.3 is 10.4 Å². The monoisotopic (exact) mass is 509 g/mol. The van der Waals surface area contributed by atoms with E-state index in [0.29, 0.717) is 32.8 Å². The van der Waals surface area contributed by atoms with Crippen LogP contribution in [0, 0.1) is 0 Å². The zero-order chi connectivity index (χ0) is 23.4. The number of hydrogen-bond donors (Lipinski definition) is 2. The molecule has 0 saturated carbocycles. The summed E-state index contributed by atoms with van der Waals surface area (Å²) in [7, 11) is 0. The van der Waals surface area contributed by atoms with E-state index in [1.54, 1.807) is 12.3 Å². The molecule has 2 atom stereocenters. The summed E-state index contributed by atoms with van der Waals surface area (Å²) in [5.74, 6) is 1.30. The van der Waals surface area contributed by atoms with Gasteiger partial charge >= 0.3 is 0 Å². The van der Waals surface area contributed by atoms with Gasteiger partial charge in [0.05, 0.1) is 18.8 Å². The molecule has 1 aromatic carbocycles. The largest absolute Gasteiger partial charge is 0.395 e. The SMILES string of the molecule is C[C@@H](Nc1nc(C2=CCN(C3CCCN(CCO)C3)CC2)ncc1Cl)c1ccc(Cl)cc1Cl. The molecule has 2 aliphatic rings. The number of piperidine rings is 1. The molecule has 3 heterocycles. The zero-order valence-electron chi connectivity index (χ0n) is 18.8. The average molecular weight is 511 g/mol. The van der Waals surface area contributed by atoms with Gasteiger partial charge in [-0.15, -0.1) is 0 Å². The number of likely N-dealkylation sites (tertiary alicyclic amines) is 1. The molecule has 0 bridgehead atoms. The molecule has 0 spiro atoms. The van der Waals surface area contributed by atoms with Gasteiger partial charge in [0, 0.05) is 42.3 Å². The van der Waals surface area contributed by atoms with Crippen molar-refractivity contribution in [2.75, 3.05) is 44.6 Å². The number of rotatable bonds is 7. The summed E-state index contributed by atoms with van der Waals surface area (Å²) in [6, 6.07) is 5.90. The Morgan fingerprint density at radius 3 is 2.79 bits per heavy atom. The van der Waals surface area contributed by atoms with Crippen LogP contribution in [0.5, 0.6) is 0 Å². The molecular formula is C24H30Cl3N5O. The van der Waals surface area contributed by atoms with Gasteiger partial charge in [0.2, 0.25) is 0 Å². The maximum absolute atomic E-state index is 9.26. The number of hydrogen-bond acceptors (Lipinski definition) is 6. The Balaban J connectivity index is 1.43. The summed E-state index contributed by atoms with van der Waals surface area (Å²) >= 11 is 18.8. The summed E-state index contributed by atoms with van der Waals surface area (Å²) in [4.78, 5) is 14.1. The molecule has 4 rings (SSSR count). The van der Waals surface area contributed by atoms with Gasteiger partial charge in [-0.05, 0) is 56.0 Å². The molecule has 2 N–H and O–H groups in total. The first-order valence-corrected chi connectivity index (χ1v) is 12.6. The molecule has 2 aliphatic heterocycles. The highest BCUT2D eigenvalue weighted by Crippen LogP contribution is 2.31. The number of aliphatic hydroxyl groups excluding tert-OH is 1. The van der Waals surface area contributed by atoms with E-state index < -0.39 is 0 Å². The molecule has 1 fully saturated rings. The van der Waals surface area contributed by atoms with Crippen molar-refractivity contribution in [2.45, 2.75) is 38.3 Å². The molecule has 1 saturated heterocycles. The summed E-state index contributed by atoms with van der Waals surface area (Å²) < 4.78 is 0. The standard InChI is InChI=1S/C24H30Cl3N5O/c1-16(20-5-4-18(25)13-21(20)26)29-24-22(27)14-28-23(30-24)17-6-9-32(10-7-17)19-3-2-8-31(15-19)11-12-33/h4-6,13-14,16,19,33H,2-3,7-12,15H2,1H3,(H,28,29,30)/t16-,19?/m1/s1. The van der Waals surface area contributed by atoms with Crippen molar-refractivity contribution in [1.82, 2.24) is 19.8 Å². The van der Waals surface area contributed by atoms with Gasteiger partial charge in [-0.2, -0.15) is 0 Å². The van der Waals surface area contributed by atoms with E-state index >= 15 is 0 Å². The molecule has 1 unspecified atom stereocenters. The molecule has 2 aromatic rings. The topological polar surface area (TPSA) is 64.5 Å². The number of β-amino-alcohol motifs (C(OH)–C–C–N with tert-alkyl or cyclic N) is 1. The minimum absolute atomic E-state index is 0.0981. The minimum atomic E-state index is -0.0981. The van der Waals surface area contributed by atoms with Crippen LogP contribution in [0.15, 0.2) is 30.5 Å². The van der Waals surface area contributed by atoms with Crippen LogP contribution in [0.3, 0.4) is 0 Å². The summed E-state index contributed by atoms with van der Waals surface area (Å²) in [5, 5.41) is 14.3. The fourth-order valence-electron chi connectivity index (χ4n) is 4.65. The minimum Gasteiger partial charge on any atom is -0.395 e. The smallest absolute Gasteiger partial charge is 0.157 e. The van der Waals surface area contributed by atoms with Gasteiger partial charge in [0.25, 0.3) is 0 Å². The molecule has 178 valence electrons. The molecule has 0 radical (unpaired) electrons. The van der Waals surface area contributed by atoms with Crippen molar-refractivity contribution >= 4 is 46.2 Å². The van der Waals surface area contributed by atoms with E-state index in [0.717, 1.165) is 50.3 Å². The highest BCUT2D eigenvalue weighted by atomic mass is 35.5. The summed E-state index contributed by atoms with van der Waals surface area (Å²) in [6.45, 7) is 6.98. The lowest BCUT2D eigenvalue weighted by atomic mass is 10.00. The second kappa shape index (κ2) is 11.3. The van der Waals surface area contributed by atoms with E-state index in [2.05, 4.69) is 26.2 Å². The highest BCUT2D eigenvalue weighted by Gasteiger charge is 2.27. The van der Waals surface area contributed by atoms with E-state index in [1.165, 1.54) is 12.8 Å². The lowest BCUT2D eigenvalue weighted by molar-refractivity contribution is 0.0914. The lowest BCUT2D eigenvalue weighted by Crippen LogP contribution is -2.49. The van der Waals surface area contributed by atoms with E-state index in [-0.39, 0.29) is 12.6 Å². The normalized spacial score (nSPS) is 21.0. The van der Waals surface area contributed by atoms with Gasteiger partial charge in [-0.1, -0.05) is 46.9 Å². The third kappa shape index (κ3) is 6.18. The fourth-order valence-corrected chi connectivity index (χ4v) is 5.37. The predicted molar refractivity (Wildman–Crippen MR) is 136 cm³/mol. The first kappa shape index (κ1) is 24.7. The first-order valence-electron chi connectivity index (χ1n) is 11.4. The predicted octanol–water partition coefficient (Wildman–Crippen LogP) is 5.16. The zero-order valence-corrected chi connectivity index (χ0v) is 21.0. The summed E-state index contributed by atoms with van der Waals surface area (Å²) in [6.07, 6.45) is 7.19. The fraction of sp³-hybridized carbons (Fsp3) is 0.500. The van der Waals surface area contributed by atoms with Crippen molar-refractivity contribution in [3.05, 3.63) is 56.9 Å². The molecule has 0 amide bonds. The molecule has 1 aromatic heterocycles. The third-order valence-electron chi connectivity index (χ3n) is 6.47. The van der Waals surface area contributed by atoms with E-state index in [4.69, 9.17) is 39.8 Å². The Hall–Kier alpha value is -1.41. The number of aliphatic hydroxyl groups is 1. The van der Waals surface area contributed by atoms with Crippen LogP contribution in [0.4, 0.5) is 5.82 Å². The summed E-state index contributed by atoms with van der Waals surface area (Å²) in [5.41, 5.74) is 2.07. The molecular weight excluding hydrogens is 481 g/mol. The maximum Gasteiger partial charge on any atom is 0.157 e. The Labute approximate surface area is 210 Å². The van der Waals surface area contributed by atoms with E-state index in [1.807, 2.05) is 19.1 Å². The van der Waals surface area contributed by atoms with Gasteiger partial charge in [-0.3, -0.25) is 9.80 Å². The Bertz CT molecular complexity index is 1000. The number of nitrogens with one attached hydrogen (secondary N) is 1. The van der Waals surface area contributed by atoms with Crippen molar-refractivity contribution in [1.29, 1.82) is 0 Å². The second-order valence-electron chi connectivity index (χ2n) is 8.72. The molecule has 0 aliphatic carbocycles. The Kier molecular flexibility index (Phi) is 8.49. The Morgan fingerprint density at radius 1 is 1.21 bits per heavy atom. The van der Waals surface area contributed by atoms with Gasteiger partial charge in [-0.25, -0.2) is 9.97 Å². The van der Waals surface area contributed by atoms with Crippen LogP contribution in [-0.2, 0) is 0 Å². The molecule has 9 heteroatoms. The van der Waals surface area contributed by atoms with Crippen LogP contribution in [0.1, 0.15) is 43.6 Å². The van der Waals surface area contributed by atoms with E-state index in [9.17, 15) is 5.11 Å².